The van der Waals surface area contributed by atoms with Gasteiger partial charge in [0.15, 0.2) is 0 Å². The van der Waals surface area contributed by atoms with E-state index >= 15 is 0 Å². The van der Waals surface area contributed by atoms with E-state index in [2.05, 4.69) is 30.0 Å². The molecule has 94 valence electrons. The zero-order valence-corrected chi connectivity index (χ0v) is 10.6. The van der Waals surface area contributed by atoms with E-state index in [-0.39, 0.29) is 0 Å². The van der Waals surface area contributed by atoms with Crippen molar-refractivity contribution in [2.24, 2.45) is 0 Å². The van der Waals surface area contributed by atoms with Crippen LogP contribution in [0, 0.1) is 6.92 Å². The highest BCUT2D eigenvalue weighted by molar-refractivity contribution is 5.65. The molecule has 18 heavy (non-hydrogen) atoms. The maximum atomic E-state index is 5.43. The summed E-state index contributed by atoms with van der Waals surface area (Å²) in [5.74, 6) is 0.923. The monoisotopic (exact) mass is 243 g/mol. The van der Waals surface area contributed by atoms with Crippen LogP contribution in [0.2, 0.25) is 0 Å². The number of aryl methyl sites for hydroxylation is 1. The molecule has 2 aromatic rings. The molecule has 1 aliphatic heterocycles. The van der Waals surface area contributed by atoms with E-state index in [0.29, 0.717) is 0 Å². The number of hydrogen-bond acceptors (Lipinski definition) is 3. The molecule has 1 aromatic carbocycles. The normalized spacial score (nSPS) is 15.9. The number of nitrogens with zero attached hydrogens (tertiary/aromatic N) is 1. The minimum absolute atomic E-state index is 0.819. The van der Waals surface area contributed by atoms with Crippen LogP contribution in [0.4, 0.5) is 5.69 Å². The number of hydrogen-bond donors (Lipinski definition) is 0. The van der Waals surface area contributed by atoms with Gasteiger partial charge in [-0.15, -0.1) is 0 Å². The van der Waals surface area contributed by atoms with Crippen molar-refractivity contribution in [1.82, 2.24) is 0 Å². The highest BCUT2D eigenvalue weighted by atomic mass is 16.5. The van der Waals surface area contributed by atoms with E-state index in [9.17, 15) is 0 Å². The Kier molecular flexibility index (Phi) is 3.07. The van der Waals surface area contributed by atoms with Gasteiger partial charge in [0.25, 0.3) is 0 Å². The Hall–Kier alpha value is -1.74. The van der Waals surface area contributed by atoms with Crippen molar-refractivity contribution in [3.63, 3.8) is 0 Å². The van der Waals surface area contributed by atoms with Gasteiger partial charge in [-0.2, -0.15) is 0 Å². The summed E-state index contributed by atoms with van der Waals surface area (Å²) in [6, 6.07) is 10.4. The van der Waals surface area contributed by atoms with Gasteiger partial charge in [-0.3, -0.25) is 0 Å². The molecule has 0 aliphatic carbocycles. The van der Waals surface area contributed by atoms with E-state index in [4.69, 9.17) is 9.15 Å². The standard InChI is InChI=1S/C15H17NO2/c1-12-11-13(15-3-2-8-18-15)4-5-14(12)16-6-9-17-10-7-16/h2-5,8,11H,6-7,9-10H2,1H3. The molecule has 2 heterocycles. The summed E-state index contributed by atoms with van der Waals surface area (Å²) < 4.78 is 10.8. The third-order valence-corrected chi connectivity index (χ3v) is 3.35. The molecule has 0 atom stereocenters. The summed E-state index contributed by atoms with van der Waals surface area (Å²) in [6.45, 7) is 5.73. The lowest BCUT2D eigenvalue weighted by atomic mass is 10.1. The summed E-state index contributed by atoms with van der Waals surface area (Å²) in [5, 5.41) is 0. The molecule has 3 rings (SSSR count). The topological polar surface area (TPSA) is 25.6 Å². The Morgan fingerprint density at radius 1 is 1.11 bits per heavy atom. The number of benzene rings is 1. The van der Waals surface area contributed by atoms with Gasteiger partial charge in [0.1, 0.15) is 5.76 Å². The third kappa shape index (κ3) is 2.14. The quantitative estimate of drug-likeness (QED) is 0.810. The van der Waals surface area contributed by atoms with E-state index in [1.165, 1.54) is 11.3 Å². The van der Waals surface area contributed by atoms with Crippen LogP contribution < -0.4 is 4.90 Å². The van der Waals surface area contributed by atoms with Gasteiger partial charge in [0.2, 0.25) is 0 Å². The fourth-order valence-electron chi connectivity index (χ4n) is 2.41. The van der Waals surface area contributed by atoms with E-state index in [0.717, 1.165) is 37.6 Å². The number of furan rings is 1. The Bertz CT molecular complexity index is 513. The zero-order chi connectivity index (χ0) is 12.4. The van der Waals surface area contributed by atoms with Gasteiger partial charge in [0.05, 0.1) is 19.5 Å². The van der Waals surface area contributed by atoms with Crippen molar-refractivity contribution < 1.29 is 9.15 Å². The minimum Gasteiger partial charge on any atom is -0.464 e. The lowest BCUT2D eigenvalue weighted by molar-refractivity contribution is 0.122. The fraction of sp³-hybridized carbons (Fsp3) is 0.333. The summed E-state index contributed by atoms with van der Waals surface area (Å²) in [6.07, 6.45) is 1.71. The molecule has 0 spiro atoms. The molecule has 3 heteroatoms. The van der Waals surface area contributed by atoms with Crippen LogP contribution in [0.5, 0.6) is 0 Å². The maximum absolute atomic E-state index is 5.43. The van der Waals surface area contributed by atoms with Gasteiger partial charge in [-0.1, -0.05) is 0 Å². The Balaban J connectivity index is 1.89. The van der Waals surface area contributed by atoms with E-state index in [1.807, 2.05) is 12.1 Å². The molecule has 1 saturated heterocycles. The number of morpholine rings is 1. The molecule has 0 saturated carbocycles. The number of anilines is 1. The largest absolute Gasteiger partial charge is 0.464 e. The average Bonchev–Trinajstić information content (AvgIpc) is 2.93. The predicted molar refractivity (Wildman–Crippen MR) is 71.9 cm³/mol. The summed E-state index contributed by atoms with van der Waals surface area (Å²) in [5.41, 5.74) is 3.72. The molecule has 1 aliphatic rings. The first kappa shape index (κ1) is 11.4. The lowest BCUT2D eigenvalue weighted by Crippen LogP contribution is -2.36. The lowest BCUT2D eigenvalue weighted by Gasteiger charge is -2.30. The van der Waals surface area contributed by atoms with Gasteiger partial charge in [0, 0.05) is 24.3 Å². The third-order valence-electron chi connectivity index (χ3n) is 3.35. The van der Waals surface area contributed by atoms with Crippen molar-refractivity contribution in [3.8, 4) is 11.3 Å². The highest BCUT2D eigenvalue weighted by Crippen LogP contribution is 2.27. The Morgan fingerprint density at radius 3 is 2.61 bits per heavy atom. The number of ether oxygens (including phenoxy) is 1. The molecule has 3 nitrogen and oxygen atoms in total. The number of rotatable bonds is 2. The second-order valence-electron chi connectivity index (χ2n) is 4.58. The smallest absolute Gasteiger partial charge is 0.133 e. The van der Waals surface area contributed by atoms with Gasteiger partial charge in [-0.25, -0.2) is 0 Å². The second kappa shape index (κ2) is 4.86. The van der Waals surface area contributed by atoms with Crippen molar-refractivity contribution in [2.45, 2.75) is 6.92 Å². The first-order chi connectivity index (χ1) is 8.84. The molecule has 1 aromatic heterocycles. The molecule has 0 radical (unpaired) electrons. The van der Waals surface area contributed by atoms with Crippen LogP contribution in [0.3, 0.4) is 0 Å². The SMILES string of the molecule is Cc1cc(-c2ccco2)ccc1N1CCOCC1. The molecular formula is C15H17NO2. The van der Waals surface area contributed by atoms with Crippen molar-refractivity contribution in [2.75, 3.05) is 31.2 Å². The molecule has 1 fully saturated rings. The van der Waals surface area contributed by atoms with Gasteiger partial charge >= 0.3 is 0 Å². The first-order valence-electron chi connectivity index (χ1n) is 6.32. The molecule has 0 N–H and O–H groups in total. The summed E-state index contributed by atoms with van der Waals surface area (Å²) >= 11 is 0. The van der Waals surface area contributed by atoms with Crippen LogP contribution in [0.1, 0.15) is 5.56 Å². The van der Waals surface area contributed by atoms with Crippen LogP contribution in [0.25, 0.3) is 11.3 Å². The van der Waals surface area contributed by atoms with Crippen molar-refractivity contribution in [3.05, 3.63) is 42.2 Å². The summed E-state index contributed by atoms with van der Waals surface area (Å²) in [4.78, 5) is 2.38. The van der Waals surface area contributed by atoms with Crippen LogP contribution in [0.15, 0.2) is 41.0 Å². The molecular weight excluding hydrogens is 226 g/mol. The average molecular weight is 243 g/mol. The first-order valence-corrected chi connectivity index (χ1v) is 6.32. The second-order valence-corrected chi connectivity index (χ2v) is 4.58. The van der Waals surface area contributed by atoms with Gasteiger partial charge in [-0.05, 0) is 42.8 Å². The van der Waals surface area contributed by atoms with Crippen LogP contribution in [-0.4, -0.2) is 26.3 Å². The van der Waals surface area contributed by atoms with Gasteiger partial charge < -0.3 is 14.1 Å². The Morgan fingerprint density at radius 2 is 1.94 bits per heavy atom. The Labute approximate surface area is 107 Å². The van der Waals surface area contributed by atoms with Crippen molar-refractivity contribution >= 4 is 5.69 Å². The fourth-order valence-corrected chi connectivity index (χ4v) is 2.41. The zero-order valence-electron chi connectivity index (χ0n) is 10.6. The van der Waals surface area contributed by atoms with E-state index in [1.54, 1.807) is 6.26 Å². The molecule has 0 unspecified atom stereocenters. The van der Waals surface area contributed by atoms with Crippen LogP contribution in [-0.2, 0) is 4.74 Å². The van der Waals surface area contributed by atoms with Crippen LogP contribution >= 0.6 is 0 Å². The van der Waals surface area contributed by atoms with Crippen molar-refractivity contribution in [1.29, 1.82) is 0 Å². The summed E-state index contributed by atoms with van der Waals surface area (Å²) in [7, 11) is 0. The predicted octanol–water partition coefficient (Wildman–Crippen LogP) is 3.09. The maximum Gasteiger partial charge on any atom is 0.133 e. The highest BCUT2D eigenvalue weighted by Gasteiger charge is 2.13. The molecule has 0 bridgehead atoms. The minimum atomic E-state index is 0.819. The molecule has 0 amide bonds. The van der Waals surface area contributed by atoms with E-state index < -0.39 is 0 Å².